The van der Waals surface area contributed by atoms with Crippen LogP contribution in [0.1, 0.15) is 5.56 Å². The molecule has 0 unspecified atom stereocenters. The first-order chi connectivity index (χ1) is 11.1. The van der Waals surface area contributed by atoms with Gasteiger partial charge in [-0.1, -0.05) is 42.5 Å². The third kappa shape index (κ3) is 3.37. The zero-order valence-corrected chi connectivity index (χ0v) is 12.3. The molecule has 2 N–H and O–H groups in total. The minimum absolute atomic E-state index is 0.181. The van der Waals surface area contributed by atoms with Crippen molar-refractivity contribution in [2.75, 3.05) is 5.32 Å². The number of carbonyl (C=O) groups excluding carboxylic acids is 1. The van der Waals surface area contributed by atoms with Crippen LogP contribution in [0.2, 0.25) is 0 Å². The van der Waals surface area contributed by atoms with Crippen molar-refractivity contribution in [2.24, 2.45) is 0 Å². The van der Waals surface area contributed by atoms with Crippen molar-refractivity contribution in [3.63, 3.8) is 0 Å². The van der Waals surface area contributed by atoms with Crippen LogP contribution in [0.25, 0.3) is 10.8 Å². The van der Waals surface area contributed by atoms with E-state index in [0.717, 1.165) is 16.3 Å². The van der Waals surface area contributed by atoms with E-state index >= 15 is 0 Å². The molecule has 0 aliphatic rings. The Morgan fingerprint density at radius 2 is 1.65 bits per heavy atom. The molecule has 114 valence electrons. The molecule has 4 nitrogen and oxygen atoms in total. The highest BCUT2D eigenvalue weighted by Crippen LogP contribution is 2.19. The van der Waals surface area contributed by atoms with Crippen LogP contribution in [0.4, 0.5) is 5.69 Å². The first-order valence-corrected chi connectivity index (χ1v) is 7.23. The van der Waals surface area contributed by atoms with Crippen LogP contribution in [-0.4, -0.2) is 11.0 Å². The summed E-state index contributed by atoms with van der Waals surface area (Å²) in [6.45, 7) is 0. The number of anilines is 1. The van der Waals surface area contributed by atoms with Gasteiger partial charge in [-0.15, -0.1) is 0 Å². The van der Waals surface area contributed by atoms with Crippen molar-refractivity contribution in [1.82, 2.24) is 0 Å². The Balaban J connectivity index is 1.82. The number of benzene rings is 2. The quantitative estimate of drug-likeness (QED) is 0.781. The average Bonchev–Trinajstić information content (AvgIpc) is 2.71. The second kappa shape index (κ2) is 6.32. The van der Waals surface area contributed by atoms with Crippen LogP contribution in [0.3, 0.4) is 0 Å². The van der Waals surface area contributed by atoms with Gasteiger partial charge in [-0.3, -0.25) is 9.59 Å². The topological polar surface area (TPSA) is 66.4 Å². The Morgan fingerprint density at radius 3 is 2.52 bits per heavy atom. The predicted octanol–water partition coefficient (Wildman–Crippen LogP) is 3.09. The summed E-state index contributed by atoms with van der Waals surface area (Å²) in [4.78, 5) is 23.6. The van der Waals surface area contributed by atoms with Gasteiger partial charge >= 0.3 is 0 Å². The minimum atomic E-state index is -0.487. The molecule has 0 saturated heterocycles. The van der Waals surface area contributed by atoms with Crippen molar-refractivity contribution >= 4 is 22.4 Å². The molecule has 0 aliphatic heterocycles. The van der Waals surface area contributed by atoms with Gasteiger partial charge in [0.05, 0.1) is 6.42 Å². The molecule has 0 fully saturated rings. The van der Waals surface area contributed by atoms with Crippen LogP contribution in [-0.2, 0) is 11.2 Å². The predicted molar refractivity (Wildman–Crippen MR) is 90.7 cm³/mol. The number of aromatic hydroxyl groups is 1. The van der Waals surface area contributed by atoms with Crippen LogP contribution in [0.15, 0.2) is 71.5 Å². The third-order valence-corrected chi connectivity index (χ3v) is 3.60. The van der Waals surface area contributed by atoms with Gasteiger partial charge in [-0.25, -0.2) is 0 Å². The van der Waals surface area contributed by atoms with Crippen LogP contribution in [0, 0.1) is 0 Å². The van der Waals surface area contributed by atoms with E-state index in [1.54, 1.807) is 0 Å². The molecule has 4 heteroatoms. The fourth-order valence-corrected chi connectivity index (χ4v) is 2.47. The minimum Gasteiger partial charge on any atom is -0.504 e. The smallest absolute Gasteiger partial charge is 0.228 e. The SMILES string of the molecule is O=C(Cc1cccc2ccccc12)Nc1ccc(O)c(=O)cc1. The number of rotatable bonds is 3. The summed E-state index contributed by atoms with van der Waals surface area (Å²) in [5.41, 5.74) is 0.917. The van der Waals surface area contributed by atoms with E-state index in [0.29, 0.717) is 5.69 Å². The van der Waals surface area contributed by atoms with E-state index in [9.17, 15) is 14.7 Å². The second-order valence-corrected chi connectivity index (χ2v) is 5.23. The number of amides is 1. The van der Waals surface area contributed by atoms with E-state index in [-0.39, 0.29) is 18.1 Å². The molecule has 0 aromatic heterocycles. The van der Waals surface area contributed by atoms with Crippen molar-refractivity contribution in [3.05, 3.63) is 82.5 Å². The van der Waals surface area contributed by atoms with Crippen LogP contribution >= 0.6 is 0 Å². The normalized spacial score (nSPS) is 10.4. The molecule has 0 bridgehead atoms. The molecule has 23 heavy (non-hydrogen) atoms. The zero-order valence-electron chi connectivity index (χ0n) is 12.3. The monoisotopic (exact) mass is 305 g/mol. The highest BCUT2D eigenvalue weighted by atomic mass is 16.3. The highest BCUT2D eigenvalue weighted by molar-refractivity contribution is 5.96. The average molecular weight is 305 g/mol. The summed E-state index contributed by atoms with van der Waals surface area (Å²) >= 11 is 0. The van der Waals surface area contributed by atoms with Crippen LogP contribution in [0.5, 0.6) is 5.75 Å². The number of fused-ring (bicyclic) bond motifs is 1. The van der Waals surface area contributed by atoms with E-state index in [4.69, 9.17) is 0 Å². The van der Waals surface area contributed by atoms with Gasteiger partial charge in [0.15, 0.2) is 5.75 Å². The lowest BCUT2D eigenvalue weighted by Crippen LogP contribution is -2.14. The van der Waals surface area contributed by atoms with Gasteiger partial charge in [-0.2, -0.15) is 0 Å². The lowest BCUT2D eigenvalue weighted by molar-refractivity contribution is -0.115. The summed E-state index contributed by atoms with van der Waals surface area (Å²) in [6.07, 6.45) is 0.232. The summed E-state index contributed by atoms with van der Waals surface area (Å²) in [7, 11) is 0. The first-order valence-electron chi connectivity index (χ1n) is 7.23. The van der Waals surface area contributed by atoms with Crippen molar-refractivity contribution in [2.45, 2.75) is 6.42 Å². The van der Waals surface area contributed by atoms with Gasteiger partial charge in [0, 0.05) is 5.69 Å². The summed E-state index contributed by atoms with van der Waals surface area (Å²) in [6, 6.07) is 19.2. The highest BCUT2D eigenvalue weighted by Gasteiger charge is 2.07. The standard InChI is InChI=1S/C19H15NO3/c21-17-10-8-15(9-11-18(17)22)20-19(23)12-14-6-3-5-13-4-1-2-7-16(13)14/h1-11H,12H2,(H,20,23)(H,21,22). The maximum absolute atomic E-state index is 12.2. The molecule has 1 amide bonds. The van der Waals surface area contributed by atoms with Crippen molar-refractivity contribution in [1.29, 1.82) is 0 Å². The lowest BCUT2D eigenvalue weighted by atomic mass is 10.0. The Kier molecular flexibility index (Phi) is 4.06. The maximum atomic E-state index is 12.2. The van der Waals surface area contributed by atoms with Gasteiger partial charge in [0.25, 0.3) is 0 Å². The molecule has 0 aliphatic carbocycles. The van der Waals surface area contributed by atoms with Crippen LogP contribution < -0.4 is 10.7 Å². The largest absolute Gasteiger partial charge is 0.504 e. The molecular formula is C19H15NO3. The first kappa shape index (κ1) is 14.8. The summed E-state index contributed by atoms with van der Waals surface area (Å²) in [5.74, 6) is -0.529. The Labute approximate surface area is 133 Å². The van der Waals surface area contributed by atoms with E-state index in [1.807, 2.05) is 42.5 Å². The second-order valence-electron chi connectivity index (χ2n) is 5.23. The van der Waals surface area contributed by atoms with E-state index < -0.39 is 5.43 Å². The zero-order chi connectivity index (χ0) is 16.2. The molecule has 0 radical (unpaired) electrons. The maximum Gasteiger partial charge on any atom is 0.228 e. The molecule has 0 atom stereocenters. The van der Waals surface area contributed by atoms with Gasteiger partial charge < -0.3 is 10.4 Å². The summed E-state index contributed by atoms with van der Waals surface area (Å²) in [5, 5.41) is 14.2. The molecular weight excluding hydrogens is 290 g/mol. The molecule has 3 rings (SSSR count). The van der Waals surface area contributed by atoms with E-state index in [2.05, 4.69) is 5.32 Å². The van der Waals surface area contributed by atoms with E-state index in [1.165, 1.54) is 24.3 Å². The molecule has 0 heterocycles. The van der Waals surface area contributed by atoms with Gasteiger partial charge in [0.2, 0.25) is 11.3 Å². The fourth-order valence-electron chi connectivity index (χ4n) is 2.47. The summed E-state index contributed by atoms with van der Waals surface area (Å²) < 4.78 is 0. The molecule has 0 saturated carbocycles. The number of hydrogen-bond acceptors (Lipinski definition) is 3. The fraction of sp³-hybridized carbons (Fsp3) is 0.0526. The number of hydrogen-bond donors (Lipinski definition) is 2. The number of carbonyl (C=O) groups is 1. The molecule has 3 aromatic carbocycles. The lowest BCUT2D eigenvalue weighted by Gasteiger charge is -2.07. The van der Waals surface area contributed by atoms with Gasteiger partial charge in [-0.05, 0) is 40.6 Å². The van der Waals surface area contributed by atoms with Crippen molar-refractivity contribution in [3.8, 4) is 5.75 Å². The Bertz CT molecular complexity index is 929. The molecule has 0 spiro atoms. The third-order valence-electron chi connectivity index (χ3n) is 3.60. The Hall–Kier alpha value is -3.14. The van der Waals surface area contributed by atoms with Gasteiger partial charge in [0.1, 0.15) is 0 Å². The molecule has 3 aromatic rings. The number of nitrogens with one attached hydrogen (secondary N) is 1. The Morgan fingerprint density at radius 1 is 0.913 bits per heavy atom. The van der Waals surface area contributed by atoms with Crippen molar-refractivity contribution < 1.29 is 9.90 Å².